The van der Waals surface area contributed by atoms with E-state index in [1.165, 1.54) is 10.9 Å². The average molecular weight is 214 g/mol. The van der Waals surface area contributed by atoms with Crippen molar-refractivity contribution in [2.45, 2.75) is 13.0 Å². The van der Waals surface area contributed by atoms with Gasteiger partial charge in [-0.2, -0.15) is 0 Å². The number of nitrogens with zero attached hydrogens (tertiary/aromatic N) is 3. The zero-order chi connectivity index (χ0) is 11.1. The first-order valence-electron chi connectivity index (χ1n) is 4.15. The van der Waals surface area contributed by atoms with E-state index in [9.17, 15) is 9.59 Å². The second-order valence-corrected chi connectivity index (χ2v) is 2.62. The van der Waals surface area contributed by atoms with Gasteiger partial charge in [-0.05, 0) is 0 Å². The van der Waals surface area contributed by atoms with E-state index in [0.29, 0.717) is 6.54 Å². The van der Waals surface area contributed by atoms with Gasteiger partial charge in [0.1, 0.15) is 0 Å². The van der Waals surface area contributed by atoms with E-state index >= 15 is 0 Å². The first-order valence-corrected chi connectivity index (χ1v) is 4.15. The molecule has 8 heteroatoms. The van der Waals surface area contributed by atoms with Crippen LogP contribution in [0.5, 0.6) is 0 Å². The van der Waals surface area contributed by atoms with Crippen LogP contribution in [0.3, 0.4) is 0 Å². The summed E-state index contributed by atoms with van der Waals surface area (Å²) in [5.41, 5.74) is 2.00. The maximum Gasteiger partial charge on any atom is 0.332 e. The molecule has 0 spiro atoms. The number of hydroxylamine groups is 1. The van der Waals surface area contributed by atoms with E-state index in [2.05, 4.69) is 15.1 Å². The molecule has 0 aliphatic heterocycles. The molecule has 1 heterocycles. The van der Waals surface area contributed by atoms with Gasteiger partial charge in [-0.15, -0.1) is 5.10 Å². The fourth-order valence-corrected chi connectivity index (χ4v) is 0.797. The Labute approximate surface area is 84.8 Å². The molecule has 1 aromatic heterocycles. The number of carboxylic acid groups (broad SMARTS) is 1. The molecule has 0 aromatic carbocycles. The highest BCUT2D eigenvalue weighted by molar-refractivity contribution is 5.75. The summed E-state index contributed by atoms with van der Waals surface area (Å²) in [5, 5.41) is 15.4. The van der Waals surface area contributed by atoms with Crippen molar-refractivity contribution in [1.82, 2.24) is 20.5 Å². The van der Waals surface area contributed by atoms with Gasteiger partial charge in [-0.3, -0.25) is 14.3 Å². The number of hydrogen-bond donors (Lipinski definition) is 2. The molecule has 0 aliphatic carbocycles. The largest absolute Gasteiger partial charge is 0.479 e. The van der Waals surface area contributed by atoms with Crippen LogP contribution in [0.25, 0.3) is 0 Å². The number of aliphatic carboxylic acids is 1. The van der Waals surface area contributed by atoms with Crippen molar-refractivity contribution in [3.63, 3.8) is 0 Å². The van der Waals surface area contributed by atoms with Crippen LogP contribution in [-0.2, 0) is 21.0 Å². The van der Waals surface area contributed by atoms with Gasteiger partial charge in [-0.1, -0.05) is 5.21 Å². The Morgan fingerprint density at radius 1 is 1.53 bits per heavy atom. The number of carbonyl (C=O) groups is 2. The van der Waals surface area contributed by atoms with Gasteiger partial charge < -0.3 is 5.11 Å². The Morgan fingerprint density at radius 2 is 2.33 bits per heavy atom. The van der Waals surface area contributed by atoms with Gasteiger partial charge in [0.15, 0.2) is 6.61 Å². The fourth-order valence-electron chi connectivity index (χ4n) is 0.797. The second-order valence-electron chi connectivity index (χ2n) is 2.62. The summed E-state index contributed by atoms with van der Waals surface area (Å²) in [6, 6.07) is 0. The number of aromatic nitrogens is 3. The molecule has 8 nitrogen and oxygen atoms in total. The number of hydrogen-bond acceptors (Lipinski definition) is 5. The van der Waals surface area contributed by atoms with Crippen LogP contribution in [-0.4, -0.2) is 38.6 Å². The van der Waals surface area contributed by atoms with Crippen molar-refractivity contribution in [2.75, 3.05) is 6.61 Å². The van der Waals surface area contributed by atoms with Crippen LogP contribution < -0.4 is 5.48 Å². The summed E-state index contributed by atoms with van der Waals surface area (Å²) >= 11 is 0. The summed E-state index contributed by atoms with van der Waals surface area (Å²) in [5.74, 6) is -1.56. The molecule has 82 valence electrons. The Hall–Kier alpha value is -1.96. The van der Waals surface area contributed by atoms with Gasteiger partial charge >= 0.3 is 5.97 Å². The van der Waals surface area contributed by atoms with Crippen molar-refractivity contribution in [2.24, 2.45) is 0 Å². The van der Waals surface area contributed by atoms with E-state index in [-0.39, 0.29) is 6.42 Å². The monoisotopic (exact) mass is 214 g/mol. The van der Waals surface area contributed by atoms with Gasteiger partial charge in [0.25, 0.3) is 0 Å². The summed E-state index contributed by atoms with van der Waals surface area (Å²) in [6.45, 7) is -0.197. The van der Waals surface area contributed by atoms with Gasteiger partial charge in [0.05, 0.1) is 12.7 Å². The predicted molar refractivity (Wildman–Crippen MR) is 46.4 cm³/mol. The van der Waals surface area contributed by atoms with Crippen LogP contribution in [0.4, 0.5) is 0 Å². The van der Waals surface area contributed by atoms with Crippen LogP contribution in [0.1, 0.15) is 6.42 Å². The Kier molecular flexibility index (Phi) is 4.23. The molecule has 0 atom stereocenters. The van der Waals surface area contributed by atoms with Crippen molar-refractivity contribution >= 4 is 11.9 Å². The minimum atomic E-state index is -1.15. The van der Waals surface area contributed by atoms with Gasteiger partial charge in [0, 0.05) is 12.6 Å². The maximum atomic E-state index is 11.0. The molecule has 0 saturated heterocycles. The number of aryl methyl sites for hydroxylation is 1. The van der Waals surface area contributed by atoms with E-state index in [1.807, 2.05) is 5.48 Å². The van der Waals surface area contributed by atoms with Gasteiger partial charge in [0.2, 0.25) is 5.91 Å². The van der Waals surface area contributed by atoms with E-state index in [0.717, 1.165) is 0 Å². The standard InChI is InChI=1S/C7H10N4O4/c12-6(9-15-5-7(13)14)1-3-11-4-2-8-10-11/h2,4H,1,3,5H2,(H,9,12)(H,13,14). The van der Waals surface area contributed by atoms with Crippen molar-refractivity contribution in [1.29, 1.82) is 0 Å². The van der Waals surface area contributed by atoms with E-state index < -0.39 is 18.5 Å². The van der Waals surface area contributed by atoms with E-state index in [4.69, 9.17) is 5.11 Å². The molecule has 0 radical (unpaired) electrons. The summed E-state index contributed by atoms with van der Waals surface area (Å²) < 4.78 is 1.48. The topological polar surface area (TPSA) is 106 Å². The normalized spacial score (nSPS) is 9.87. The molecule has 15 heavy (non-hydrogen) atoms. The third-order valence-corrected chi connectivity index (χ3v) is 1.42. The molecule has 0 unspecified atom stereocenters. The first-order chi connectivity index (χ1) is 7.18. The molecule has 0 bridgehead atoms. The van der Waals surface area contributed by atoms with E-state index in [1.54, 1.807) is 6.20 Å². The molecule has 1 rings (SSSR count). The van der Waals surface area contributed by atoms with Crippen molar-refractivity contribution in [3.05, 3.63) is 12.4 Å². The van der Waals surface area contributed by atoms with Crippen LogP contribution >= 0.6 is 0 Å². The molecular formula is C7H10N4O4. The molecule has 0 aliphatic rings. The van der Waals surface area contributed by atoms with Crippen LogP contribution in [0, 0.1) is 0 Å². The highest BCUT2D eigenvalue weighted by Gasteiger charge is 2.03. The van der Waals surface area contributed by atoms with Crippen LogP contribution in [0.2, 0.25) is 0 Å². The Morgan fingerprint density at radius 3 is 2.93 bits per heavy atom. The maximum absolute atomic E-state index is 11.0. The highest BCUT2D eigenvalue weighted by atomic mass is 16.7. The average Bonchev–Trinajstić information content (AvgIpc) is 2.66. The predicted octanol–water partition coefficient (Wildman–Crippen LogP) is -1.20. The highest BCUT2D eigenvalue weighted by Crippen LogP contribution is 1.87. The van der Waals surface area contributed by atoms with Crippen LogP contribution in [0.15, 0.2) is 12.4 Å². The molecule has 1 aromatic rings. The zero-order valence-electron chi connectivity index (χ0n) is 7.79. The zero-order valence-corrected chi connectivity index (χ0v) is 7.79. The van der Waals surface area contributed by atoms with Crippen molar-refractivity contribution in [3.8, 4) is 0 Å². The number of carboxylic acids is 1. The number of carbonyl (C=O) groups excluding carboxylic acids is 1. The molecule has 0 fully saturated rings. The first kappa shape index (κ1) is 11.1. The molecular weight excluding hydrogens is 204 g/mol. The number of nitrogens with one attached hydrogen (secondary N) is 1. The number of amides is 1. The molecule has 1 amide bonds. The Bertz CT molecular complexity index is 324. The quantitative estimate of drug-likeness (QED) is 0.576. The SMILES string of the molecule is O=C(O)CONC(=O)CCn1ccnn1. The molecule has 2 N–H and O–H groups in total. The third-order valence-electron chi connectivity index (χ3n) is 1.42. The fraction of sp³-hybridized carbons (Fsp3) is 0.429. The number of rotatable bonds is 6. The van der Waals surface area contributed by atoms with Gasteiger partial charge in [-0.25, -0.2) is 10.3 Å². The lowest BCUT2D eigenvalue weighted by molar-refractivity contribution is -0.149. The minimum Gasteiger partial charge on any atom is -0.479 e. The summed E-state index contributed by atoms with van der Waals surface area (Å²) in [4.78, 5) is 25.4. The van der Waals surface area contributed by atoms with Crippen molar-refractivity contribution < 1.29 is 19.5 Å². The lowest BCUT2D eigenvalue weighted by Gasteiger charge is -2.03. The lowest BCUT2D eigenvalue weighted by Crippen LogP contribution is -2.27. The minimum absolute atomic E-state index is 0.142. The third kappa shape index (κ3) is 4.72. The Balaban J connectivity index is 2.11. The second kappa shape index (κ2) is 5.70. The molecule has 0 saturated carbocycles. The summed E-state index contributed by atoms with van der Waals surface area (Å²) in [7, 11) is 0. The summed E-state index contributed by atoms with van der Waals surface area (Å²) in [6.07, 6.45) is 3.26. The lowest BCUT2D eigenvalue weighted by atomic mass is 10.4. The smallest absolute Gasteiger partial charge is 0.332 e.